The van der Waals surface area contributed by atoms with Crippen molar-refractivity contribution in [2.24, 2.45) is 0 Å². The molecule has 0 amide bonds. The molecule has 1 aromatic rings. The molecule has 0 radical (unpaired) electrons. The summed E-state index contributed by atoms with van der Waals surface area (Å²) < 4.78 is 10.8. The molecular formula is C7H8O3S. The third-order valence-corrected chi connectivity index (χ3v) is 2.22. The predicted molar refractivity (Wildman–Crippen MR) is 42.1 cm³/mol. The molecule has 0 aliphatic carbocycles. The van der Waals surface area contributed by atoms with Crippen molar-refractivity contribution < 1.29 is 14.4 Å². The van der Waals surface area contributed by atoms with Crippen LogP contribution in [0.1, 0.15) is 0 Å². The average molecular weight is 172 g/mol. The lowest BCUT2D eigenvalue weighted by molar-refractivity contribution is 0.441. The Labute approximate surface area is 66.8 Å². The van der Waals surface area contributed by atoms with Crippen molar-refractivity contribution in [2.45, 2.75) is 4.90 Å². The zero-order valence-corrected chi connectivity index (χ0v) is 6.76. The third kappa shape index (κ3) is 1.71. The van der Waals surface area contributed by atoms with Crippen LogP contribution in [0.5, 0.6) is 11.5 Å². The van der Waals surface area contributed by atoms with Crippen LogP contribution in [0.2, 0.25) is 0 Å². The standard InChI is InChI=1S/C7H8O3S/c1-11(10)7-3-2-5(8)4-6(7)9/h2-4,8-9H,1H3. The van der Waals surface area contributed by atoms with Crippen molar-refractivity contribution >= 4 is 10.8 Å². The highest BCUT2D eigenvalue weighted by molar-refractivity contribution is 7.84. The van der Waals surface area contributed by atoms with Crippen molar-refractivity contribution in [3.8, 4) is 11.5 Å². The maximum atomic E-state index is 10.8. The second-order valence-electron chi connectivity index (χ2n) is 2.11. The van der Waals surface area contributed by atoms with Crippen LogP contribution in [0.3, 0.4) is 0 Å². The van der Waals surface area contributed by atoms with E-state index < -0.39 is 10.8 Å². The maximum absolute atomic E-state index is 10.8. The van der Waals surface area contributed by atoms with Crippen LogP contribution in [0, 0.1) is 0 Å². The highest BCUT2D eigenvalue weighted by Crippen LogP contribution is 2.24. The van der Waals surface area contributed by atoms with Crippen molar-refractivity contribution in [3.05, 3.63) is 18.2 Å². The lowest BCUT2D eigenvalue weighted by Gasteiger charge is -1.99. The van der Waals surface area contributed by atoms with Gasteiger partial charge in [-0.1, -0.05) is 0 Å². The van der Waals surface area contributed by atoms with Gasteiger partial charge in [0.1, 0.15) is 11.5 Å². The Kier molecular flexibility index (Phi) is 2.14. The van der Waals surface area contributed by atoms with Gasteiger partial charge in [-0.25, -0.2) is 0 Å². The fraction of sp³-hybridized carbons (Fsp3) is 0.143. The Hall–Kier alpha value is -1.03. The average Bonchev–Trinajstić information content (AvgIpc) is 1.85. The van der Waals surface area contributed by atoms with Gasteiger partial charge in [-0.3, -0.25) is 4.21 Å². The maximum Gasteiger partial charge on any atom is 0.135 e. The summed E-state index contributed by atoms with van der Waals surface area (Å²) in [4.78, 5) is 0.336. The van der Waals surface area contributed by atoms with Crippen molar-refractivity contribution in [2.75, 3.05) is 6.26 Å². The van der Waals surface area contributed by atoms with Crippen molar-refractivity contribution in [1.82, 2.24) is 0 Å². The minimum Gasteiger partial charge on any atom is -0.508 e. The minimum atomic E-state index is -1.21. The molecule has 0 aromatic heterocycles. The summed E-state index contributed by atoms with van der Waals surface area (Å²) in [7, 11) is -1.21. The zero-order chi connectivity index (χ0) is 8.43. The van der Waals surface area contributed by atoms with Gasteiger partial charge in [-0.05, 0) is 12.1 Å². The summed E-state index contributed by atoms with van der Waals surface area (Å²) in [5.41, 5.74) is 0. The molecule has 1 rings (SSSR count). The van der Waals surface area contributed by atoms with Crippen molar-refractivity contribution in [3.63, 3.8) is 0 Å². The summed E-state index contributed by atoms with van der Waals surface area (Å²) in [5, 5.41) is 18.0. The van der Waals surface area contributed by atoms with E-state index in [1.54, 1.807) is 0 Å². The van der Waals surface area contributed by atoms with Crippen LogP contribution >= 0.6 is 0 Å². The van der Waals surface area contributed by atoms with E-state index in [2.05, 4.69) is 0 Å². The molecule has 1 aromatic carbocycles. The van der Waals surface area contributed by atoms with E-state index in [9.17, 15) is 4.21 Å². The van der Waals surface area contributed by atoms with E-state index in [1.807, 2.05) is 0 Å². The molecular weight excluding hydrogens is 164 g/mol. The molecule has 0 heterocycles. The number of hydrogen-bond acceptors (Lipinski definition) is 3. The van der Waals surface area contributed by atoms with E-state index in [0.717, 1.165) is 6.07 Å². The van der Waals surface area contributed by atoms with Gasteiger partial charge in [0.2, 0.25) is 0 Å². The van der Waals surface area contributed by atoms with Crippen molar-refractivity contribution in [1.29, 1.82) is 0 Å². The van der Waals surface area contributed by atoms with Gasteiger partial charge in [0.05, 0.1) is 15.7 Å². The van der Waals surface area contributed by atoms with Crippen LogP contribution in [0.15, 0.2) is 23.1 Å². The largest absolute Gasteiger partial charge is 0.508 e. The Balaban J connectivity index is 3.20. The van der Waals surface area contributed by atoms with Gasteiger partial charge in [0.25, 0.3) is 0 Å². The first kappa shape index (κ1) is 8.07. The summed E-state index contributed by atoms with van der Waals surface area (Å²) in [5.74, 6) is -0.164. The van der Waals surface area contributed by atoms with Gasteiger partial charge in [-0.15, -0.1) is 0 Å². The molecule has 1 atom stereocenters. The second-order valence-corrected chi connectivity index (χ2v) is 3.45. The first-order valence-electron chi connectivity index (χ1n) is 2.96. The predicted octanol–water partition coefficient (Wildman–Crippen LogP) is 0.835. The van der Waals surface area contributed by atoms with E-state index in [-0.39, 0.29) is 11.5 Å². The van der Waals surface area contributed by atoms with Gasteiger partial charge < -0.3 is 10.2 Å². The summed E-state index contributed by atoms with van der Waals surface area (Å²) in [6.45, 7) is 0. The molecule has 0 aliphatic rings. The van der Waals surface area contributed by atoms with Gasteiger partial charge in [0, 0.05) is 12.3 Å². The molecule has 4 heteroatoms. The van der Waals surface area contributed by atoms with Gasteiger partial charge in [-0.2, -0.15) is 0 Å². The van der Waals surface area contributed by atoms with Crippen LogP contribution in [0.25, 0.3) is 0 Å². The molecule has 0 saturated carbocycles. The smallest absolute Gasteiger partial charge is 0.135 e. The zero-order valence-electron chi connectivity index (χ0n) is 5.94. The molecule has 0 aliphatic heterocycles. The molecule has 60 valence electrons. The highest BCUT2D eigenvalue weighted by Gasteiger charge is 2.04. The van der Waals surface area contributed by atoms with Crippen LogP contribution in [-0.2, 0) is 10.8 Å². The molecule has 0 spiro atoms. The van der Waals surface area contributed by atoms with E-state index in [0.29, 0.717) is 4.90 Å². The second kappa shape index (κ2) is 2.92. The number of rotatable bonds is 1. The summed E-state index contributed by atoms with van der Waals surface area (Å²) in [6, 6.07) is 3.98. The Morgan fingerprint density at radius 2 is 2.00 bits per heavy atom. The number of benzene rings is 1. The van der Waals surface area contributed by atoms with Crippen LogP contribution < -0.4 is 0 Å². The fourth-order valence-electron chi connectivity index (χ4n) is 0.749. The lowest BCUT2D eigenvalue weighted by Crippen LogP contribution is -1.86. The first-order chi connectivity index (χ1) is 5.11. The third-order valence-electron chi connectivity index (χ3n) is 1.25. The summed E-state index contributed by atoms with van der Waals surface area (Å²) >= 11 is 0. The quantitative estimate of drug-likeness (QED) is 0.659. The number of phenolic OH excluding ortho intramolecular Hbond substituents is 2. The lowest BCUT2D eigenvalue weighted by atomic mass is 10.3. The highest BCUT2D eigenvalue weighted by atomic mass is 32.2. The SMILES string of the molecule is CS(=O)c1ccc(O)cc1O. The molecule has 1 unspecified atom stereocenters. The number of aromatic hydroxyl groups is 2. The van der Waals surface area contributed by atoms with Gasteiger partial charge >= 0.3 is 0 Å². The van der Waals surface area contributed by atoms with E-state index >= 15 is 0 Å². The fourth-order valence-corrected chi connectivity index (χ4v) is 1.36. The van der Waals surface area contributed by atoms with E-state index in [4.69, 9.17) is 10.2 Å². The Morgan fingerprint density at radius 1 is 1.36 bits per heavy atom. The molecule has 0 saturated heterocycles. The minimum absolute atomic E-state index is 0.0308. The monoisotopic (exact) mass is 172 g/mol. The molecule has 0 fully saturated rings. The molecule has 11 heavy (non-hydrogen) atoms. The van der Waals surface area contributed by atoms with E-state index in [1.165, 1.54) is 18.4 Å². The normalized spacial score (nSPS) is 12.8. The van der Waals surface area contributed by atoms with Gasteiger partial charge in [0.15, 0.2) is 0 Å². The number of phenols is 2. The van der Waals surface area contributed by atoms with Crippen LogP contribution in [-0.4, -0.2) is 20.7 Å². The number of hydrogen-bond donors (Lipinski definition) is 2. The Bertz CT molecular complexity index is 296. The first-order valence-corrected chi connectivity index (χ1v) is 4.52. The topological polar surface area (TPSA) is 57.5 Å². The Morgan fingerprint density at radius 3 is 2.45 bits per heavy atom. The van der Waals surface area contributed by atoms with Crippen LogP contribution in [0.4, 0.5) is 0 Å². The molecule has 2 N–H and O–H groups in total. The summed E-state index contributed by atoms with van der Waals surface area (Å²) in [6.07, 6.45) is 1.46. The molecule has 3 nitrogen and oxygen atoms in total. The molecule has 0 bridgehead atoms.